The number of methoxy groups -OCH3 is 1. The fourth-order valence-corrected chi connectivity index (χ4v) is 6.04. The summed E-state index contributed by atoms with van der Waals surface area (Å²) < 4.78 is 5.39. The quantitative estimate of drug-likeness (QED) is 0.0782. The first-order valence-electron chi connectivity index (χ1n) is 15.7. The van der Waals surface area contributed by atoms with Gasteiger partial charge in [-0.05, 0) is 77.7 Å². The first-order valence-corrected chi connectivity index (χ1v) is 16.6. The zero-order chi connectivity index (χ0) is 34.8. The molecule has 0 fully saturated rings. The smallest absolute Gasteiger partial charge is 0.272 e. The van der Waals surface area contributed by atoms with E-state index in [0.717, 1.165) is 10.5 Å². The van der Waals surface area contributed by atoms with Gasteiger partial charge in [0.2, 0.25) is 5.91 Å². The van der Waals surface area contributed by atoms with E-state index >= 15 is 0 Å². The number of hydrogen-bond acceptors (Lipinski definition) is 6. The van der Waals surface area contributed by atoms with Crippen LogP contribution in [0.1, 0.15) is 52.1 Å². The topological polar surface area (TPSA) is 117 Å². The van der Waals surface area contributed by atoms with Gasteiger partial charge in [-0.3, -0.25) is 14.4 Å². The average molecular weight is 672 g/mol. The predicted octanol–water partition coefficient (Wildman–Crippen LogP) is 8.41. The van der Waals surface area contributed by atoms with Gasteiger partial charge < -0.3 is 25.8 Å². The highest BCUT2D eigenvalue weighted by Gasteiger charge is 2.23. The van der Waals surface area contributed by atoms with Crippen LogP contribution in [0.5, 0.6) is 11.5 Å². The number of carbonyl (C=O) groups is 3. The second-order valence-corrected chi connectivity index (χ2v) is 12.6. The molecule has 4 N–H and O–H groups in total. The van der Waals surface area contributed by atoms with E-state index in [2.05, 4.69) is 29.8 Å². The second-order valence-electron chi connectivity index (χ2n) is 11.5. The summed E-state index contributed by atoms with van der Waals surface area (Å²) in [5, 5.41) is 18.0. The molecular formula is C40H37N3O5S. The summed E-state index contributed by atoms with van der Waals surface area (Å²) in [7, 11) is 1.45. The van der Waals surface area contributed by atoms with Crippen molar-refractivity contribution < 1.29 is 24.2 Å². The zero-order valence-electron chi connectivity index (χ0n) is 27.3. The summed E-state index contributed by atoms with van der Waals surface area (Å²) in [6, 6.07) is 37.5. The van der Waals surface area contributed by atoms with Gasteiger partial charge in [0.1, 0.15) is 22.4 Å². The van der Waals surface area contributed by atoms with Crippen LogP contribution in [0.4, 0.5) is 11.4 Å². The van der Waals surface area contributed by atoms with Crippen LogP contribution in [0.3, 0.4) is 0 Å². The van der Waals surface area contributed by atoms with E-state index < -0.39 is 17.1 Å². The van der Waals surface area contributed by atoms with Crippen molar-refractivity contribution in [3.8, 4) is 11.5 Å². The van der Waals surface area contributed by atoms with Gasteiger partial charge in [0.25, 0.3) is 11.8 Å². The Hall–Kier alpha value is -5.80. The van der Waals surface area contributed by atoms with Gasteiger partial charge in [0.05, 0.1) is 7.11 Å². The number of rotatable bonds is 12. The van der Waals surface area contributed by atoms with Crippen molar-refractivity contribution in [3.63, 3.8) is 0 Å². The number of nitrogens with one attached hydrogen (secondary N) is 3. The highest BCUT2D eigenvalue weighted by atomic mass is 32.2. The first kappa shape index (κ1) is 34.5. The molecule has 0 radical (unpaired) electrons. The number of phenols is 1. The van der Waals surface area contributed by atoms with Crippen LogP contribution in [-0.4, -0.2) is 29.9 Å². The number of hydrogen-bond donors (Lipinski definition) is 4. The van der Waals surface area contributed by atoms with Gasteiger partial charge in [-0.2, -0.15) is 0 Å². The Labute approximate surface area is 290 Å². The number of aromatic hydroxyl groups is 1. The Morgan fingerprint density at radius 1 is 0.735 bits per heavy atom. The summed E-state index contributed by atoms with van der Waals surface area (Å²) in [5.74, 6) is -0.539. The van der Waals surface area contributed by atoms with Crippen molar-refractivity contribution >= 4 is 46.9 Å². The lowest BCUT2D eigenvalue weighted by molar-refractivity contribution is -0.116. The van der Waals surface area contributed by atoms with Crippen LogP contribution >= 0.6 is 11.8 Å². The van der Waals surface area contributed by atoms with Gasteiger partial charge in [0.15, 0.2) is 0 Å². The number of amides is 3. The molecule has 9 heteroatoms. The molecule has 5 aromatic carbocycles. The summed E-state index contributed by atoms with van der Waals surface area (Å²) in [5.41, 5.74) is 3.99. The molecule has 0 spiro atoms. The van der Waals surface area contributed by atoms with Crippen molar-refractivity contribution in [1.82, 2.24) is 5.32 Å². The Bertz CT molecular complexity index is 1940. The number of benzene rings is 5. The maximum absolute atomic E-state index is 13.7. The molecule has 1 unspecified atom stereocenters. The molecule has 0 aromatic heterocycles. The first-order chi connectivity index (χ1) is 23.7. The third-order valence-corrected chi connectivity index (χ3v) is 8.82. The van der Waals surface area contributed by atoms with Crippen LogP contribution in [0, 0.1) is 0 Å². The van der Waals surface area contributed by atoms with Crippen LogP contribution in [-0.2, 0) is 9.59 Å². The van der Waals surface area contributed by atoms with Gasteiger partial charge in [-0.15, -0.1) is 11.8 Å². The molecule has 0 saturated heterocycles. The van der Waals surface area contributed by atoms with E-state index in [1.54, 1.807) is 54.6 Å². The zero-order valence-corrected chi connectivity index (χ0v) is 28.2. The lowest BCUT2D eigenvalue weighted by atomic mass is 10.0. The van der Waals surface area contributed by atoms with Crippen LogP contribution in [0.2, 0.25) is 0 Å². The molecule has 8 nitrogen and oxygen atoms in total. The molecule has 49 heavy (non-hydrogen) atoms. The van der Waals surface area contributed by atoms with Crippen molar-refractivity contribution in [3.05, 3.63) is 155 Å². The number of anilines is 2. The minimum absolute atomic E-state index is 0.00541. The van der Waals surface area contributed by atoms with Crippen LogP contribution in [0.25, 0.3) is 6.08 Å². The Kier molecular flexibility index (Phi) is 11.5. The van der Waals surface area contributed by atoms with Crippen molar-refractivity contribution in [2.75, 3.05) is 17.7 Å². The number of phenolic OH excluding ortho intramolecular Hbond substituents is 1. The molecule has 0 bridgehead atoms. The largest absolute Gasteiger partial charge is 0.508 e. The van der Waals surface area contributed by atoms with Crippen LogP contribution in [0.15, 0.2) is 138 Å². The summed E-state index contributed by atoms with van der Waals surface area (Å²) >= 11 is 1.36. The molecular weight excluding hydrogens is 635 g/mol. The van der Waals surface area contributed by atoms with E-state index in [1.165, 1.54) is 42.6 Å². The summed E-state index contributed by atoms with van der Waals surface area (Å²) in [4.78, 5) is 41.3. The molecule has 0 aliphatic carbocycles. The number of ether oxygens (including phenoxy) is 1. The summed E-state index contributed by atoms with van der Waals surface area (Å²) in [6.45, 7) is 4.24. The Morgan fingerprint density at radius 2 is 1.43 bits per heavy atom. The fraction of sp³-hybridized carbons (Fsp3) is 0.125. The van der Waals surface area contributed by atoms with E-state index in [9.17, 15) is 19.5 Å². The highest BCUT2D eigenvalue weighted by molar-refractivity contribution is 8.00. The van der Waals surface area contributed by atoms with E-state index in [-0.39, 0.29) is 17.4 Å². The standard InChI is InChI=1S/C40H37N3O5S/c1-26(2)27-17-20-31(21-18-27)41-40(47)37(28-11-6-4-7-12-28)49-34-16-10-15-32(24-34)42-39(46)35(43-38(45)29-13-8-5-9-14-29)23-30-19-22-33(44)25-36(30)48-3/h4-26,37,44H,1-3H3,(H,41,47)(H,42,46)(H,43,45)/b35-23+. The lowest BCUT2D eigenvalue weighted by Gasteiger charge is -2.18. The monoisotopic (exact) mass is 671 g/mol. The van der Waals surface area contributed by atoms with Crippen LogP contribution < -0.4 is 20.7 Å². The average Bonchev–Trinajstić information content (AvgIpc) is 3.12. The lowest BCUT2D eigenvalue weighted by Crippen LogP contribution is -2.30. The molecule has 3 amide bonds. The maximum atomic E-state index is 13.7. The molecule has 5 aromatic rings. The van der Waals surface area contributed by atoms with Crippen molar-refractivity contribution in [1.29, 1.82) is 0 Å². The Balaban J connectivity index is 1.39. The van der Waals surface area contributed by atoms with E-state index in [4.69, 9.17) is 4.74 Å². The van der Waals surface area contributed by atoms with Gasteiger partial charge in [0, 0.05) is 33.5 Å². The van der Waals surface area contributed by atoms with Crippen molar-refractivity contribution in [2.45, 2.75) is 29.9 Å². The third-order valence-electron chi connectivity index (χ3n) is 7.58. The highest BCUT2D eigenvalue weighted by Crippen LogP contribution is 2.37. The fourth-order valence-electron chi connectivity index (χ4n) is 4.96. The van der Waals surface area contributed by atoms with E-state index in [0.29, 0.717) is 34.2 Å². The molecule has 1 atom stereocenters. The maximum Gasteiger partial charge on any atom is 0.272 e. The normalized spacial score (nSPS) is 11.8. The van der Waals surface area contributed by atoms with Crippen molar-refractivity contribution in [2.24, 2.45) is 0 Å². The molecule has 5 rings (SSSR count). The molecule has 248 valence electrons. The summed E-state index contributed by atoms with van der Waals surface area (Å²) in [6.07, 6.45) is 1.48. The molecule has 0 aliphatic rings. The molecule has 0 saturated carbocycles. The number of thioether (sulfide) groups is 1. The second kappa shape index (κ2) is 16.3. The third kappa shape index (κ3) is 9.39. The predicted molar refractivity (Wildman–Crippen MR) is 196 cm³/mol. The SMILES string of the molecule is COc1cc(O)ccc1/C=C(/NC(=O)c1ccccc1)C(=O)Nc1cccc(SC(C(=O)Nc2ccc(C(C)C)cc2)c2ccccc2)c1. The minimum atomic E-state index is -0.584. The Morgan fingerprint density at radius 3 is 2.10 bits per heavy atom. The molecule has 0 aliphatic heterocycles. The van der Waals surface area contributed by atoms with E-state index in [1.807, 2.05) is 60.7 Å². The molecule has 0 heterocycles. The van der Waals surface area contributed by atoms with Gasteiger partial charge >= 0.3 is 0 Å². The van der Waals surface area contributed by atoms with Gasteiger partial charge in [-0.1, -0.05) is 80.6 Å². The number of carbonyl (C=O) groups excluding carboxylic acids is 3. The minimum Gasteiger partial charge on any atom is -0.508 e. The van der Waals surface area contributed by atoms with Gasteiger partial charge in [-0.25, -0.2) is 0 Å².